The third-order valence-electron chi connectivity index (χ3n) is 0.824. The van der Waals surface area contributed by atoms with Crippen molar-refractivity contribution in [1.82, 2.24) is 10.4 Å². The summed E-state index contributed by atoms with van der Waals surface area (Å²) < 4.78 is 0. The Hall–Kier alpha value is -0.810. The molecular formula is C3H7N3O2. The Morgan fingerprint density at radius 2 is 2.62 bits per heavy atom. The molecule has 3 N–H and O–H groups in total. The lowest BCUT2D eigenvalue weighted by Crippen LogP contribution is -2.33. The summed E-state index contributed by atoms with van der Waals surface area (Å²) in [6, 6.07) is -0.560. The van der Waals surface area contributed by atoms with Crippen molar-refractivity contribution in [3.05, 3.63) is 0 Å². The lowest BCUT2D eigenvalue weighted by molar-refractivity contribution is -0.0635. The van der Waals surface area contributed by atoms with Gasteiger partial charge in [-0.25, -0.2) is 4.79 Å². The smallest absolute Gasteiger partial charge is 0.340 e. The Balaban J connectivity index is 2.35. The Kier molecular flexibility index (Phi) is 1.32. The van der Waals surface area contributed by atoms with Crippen LogP contribution in [-0.4, -0.2) is 24.5 Å². The second-order valence-corrected chi connectivity index (χ2v) is 1.40. The van der Waals surface area contributed by atoms with E-state index in [-0.39, 0.29) is 0 Å². The molecule has 1 rings (SSSR count). The van der Waals surface area contributed by atoms with E-state index in [9.17, 15) is 4.79 Å². The Morgan fingerprint density at radius 1 is 1.88 bits per heavy atom. The molecule has 0 unspecified atom stereocenters. The van der Waals surface area contributed by atoms with Crippen LogP contribution in [0, 0.1) is 0 Å². The second kappa shape index (κ2) is 1.97. The van der Waals surface area contributed by atoms with Crippen molar-refractivity contribution in [1.29, 1.82) is 0 Å². The minimum absolute atomic E-state index is 0.364. The number of nitrogens with zero attached hydrogens (tertiary/aromatic N) is 1. The Morgan fingerprint density at radius 3 is 2.88 bits per heavy atom. The summed E-state index contributed by atoms with van der Waals surface area (Å²) in [6.07, 6.45) is 0. The van der Waals surface area contributed by atoms with Gasteiger partial charge in [-0.2, -0.15) is 5.06 Å². The van der Waals surface area contributed by atoms with Gasteiger partial charge in [0.1, 0.15) is 13.4 Å². The summed E-state index contributed by atoms with van der Waals surface area (Å²) in [5, 5.41) is 3.81. The lowest BCUT2D eigenvalue weighted by atomic mass is 10.9. The zero-order chi connectivity index (χ0) is 5.98. The molecule has 1 aliphatic heterocycles. The highest BCUT2D eigenvalue weighted by Crippen LogP contribution is 1.91. The molecule has 0 aromatic heterocycles. The molecule has 0 saturated carbocycles. The largest absolute Gasteiger partial charge is 0.350 e. The van der Waals surface area contributed by atoms with E-state index in [0.29, 0.717) is 13.4 Å². The van der Waals surface area contributed by atoms with E-state index in [0.717, 1.165) is 5.06 Å². The number of carbonyl (C=O) groups excluding carboxylic acids is 1. The van der Waals surface area contributed by atoms with E-state index < -0.39 is 6.03 Å². The molecule has 1 fully saturated rings. The summed E-state index contributed by atoms with van der Waals surface area (Å²) in [5.74, 6) is 0. The first-order valence-corrected chi connectivity index (χ1v) is 2.21. The Bertz CT molecular complexity index is 98.7. The highest BCUT2D eigenvalue weighted by atomic mass is 16.7. The van der Waals surface area contributed by atoms with Crippen molar-refractivity contribution in [2.24, 2.45) is 5.73 Å². The van der Waals surface area contributed by atoms with Gasteiger partial charge in [0, 0.05) is 0 Å². The van der Waals surface area contributed by atoms with Crippen molar-refractivity contribution in [2.75, 3.05) is 13.4 Å². The first-order valence-electron chi connectivity index (χ1n) is 2.21. The normalized spacial score (nSPS) is 19.2. The van der Waals surface area contributed by atoms with Gasteiger partial charge < -0.3 is 5.73 Å². The van der Waals surface area contributed by atoms with Crippen LogP contribution >= 0.6 is 0 Å². The maximum Gasteiger partial charge on any atom is 0.340 e. The summed E-state index contributed by atoms with van der Waals surface area (Å²) >= 11 is 0. The molecule has 2 amide bonds. The second-order valence-electron chi connectivity index (χ2n) is 1.40. The standard InChI is InChI=1S/C3H7N3O2/c4-3(7)6-1-5-2-8-6/h5H,1-2H2,(H2,4,7). The SMILES string of the molecule is NC(=O)N1CNCO1. The first kappa shape index (κ1) is 5.33. The summed E-state index contributed by atoms with van der Waals surface area (Å²) in [6.45, 7) is 0.748. The van der Waals surface area contributed by atoms with Gasteiger partial charge in [0.05, 0.1) is 0 Å². The summed E-state index contributed by atoms with van der Waals surface area (Å²) in [5.41, 5.74) is 4.82. The molecule has 0 atom stereocenters. The molecule has 0 bridgehead atoms. The van der Waals surface area contributed by atoms with E-state index in [1.54, 1.807) is 0 Å². The summed E-state index contributed by atoms with van der Waals surface area (Å²) in [7, 11) is 0. The monoisotopic (exact) mass is 117 g/mol. The number of hydrogen-bond acceptors (Lipinski definition) is 3. The van der Waals surface area contributed by atoms with Crippen LogP contribution in [0.5, 0.6) is 0 Å². The molecule has 0 spiro atoms. The maximum absolute atomic E-state index is 10.2. The fraction of sp³-hybridized carbons (Fsp3) is 0.667. The average Bonchev–Trinajstić information content (AvgIpc) is 2.12. The predicted octanol–water partition coefficient (Wildman–Crippen LogP) is -1.18. The molecule has 46 valence electrons. The van der Waals surface area contributed by atoms with Gasteiger partial charge in [-0.15, -0.1) is 0 Å². The number of nitrogens with one attached hydrogen (secondary N) is 1. The average molecular weight is 117 g/mol. The van der Waals surface area contributed by atoms with Crippen LogP contribution in [0.1, 0.15) is 0 Å². The van der Waals surface area contributed by atoms with Gasteiger partial charge in [0.25, 0.3) is 0 Å². The third kappa shape index (κ3) is 0.877. The number of hydrogen-bond donors (Lipinski definition) is 2. The predicted molar refractivity (Wildman–Crippen MR) is 25.4 cm³/mol. The highest BCUT2D eigenvalue weighted by molar-refractivity contribution is 5.70. The van der Waals surface area contributed by atoms with Gasteiger partial charge in [-0.05, 0) is 0 Å². The minimum atomic E-state index is -0.560. The fourth-order valence-corrected chi connectivity index (χ4v) is 0.458. The number of nitrogens with two attached hydrogens (primary N) is 1. The minimum Gasteiger partial charge on any atom is -0.350 e. The van der Waals surface area contributed by atoms with Crippen LogP contribution in [-0.2, 0) is 4.84 Å². The Labute approximate surface area is 46.3 Å². The molecular weight excluding hydrogens is 110 g/mol. The summed E-state index contributed by atoms with van der Waals surface area (Å²) in [4.78, 5) is 14.8. The van der Waals surface area contributed by atoms with E-state index in [4.69, 9.17) is 5.73 Å². The van der Waals surface area contributed by atoms with Crippen molar-refractivity contribution >= 4 is 6.03 Å². The topological polar surface area (TPSA) is 67.6 Å². The molecule has 1 saturated heterocycles. The van der Waals surface area contributed by atoms with Gasteiger partial charge in [-0.1, -0.05) is 0 Å². The van der Waals surface area contributed by atoms with Gasteiger partial charge in [0.2, 0.25) is 0 Å². The van der Waals surface area contributed by atoms with Crippen molar-refractivity contribution in [2.45, 2.75) is 0 Å². The van der Waals surface area contributed by atoms with Gasteiger partial charge >= 0.3 is 6.03 Å². The van der Waals surface area contributed by atoms with Gasteiger partial charge in [-0.3, -0.25) is 10.2 Å². The van der Waals surface area contributed by atoms with Crippen LogP contribution in [0.25, 0.3) is 0 Å². The molecule has 0 aliphatic carbocycles. The molecule has 0 aromatic carbocycles. The molecule has 1 heterocycles. The fourth-order valence-electron chi connectivity index (χ4n) is 0.458. The van der Waals surface area contributed by atoms with Crippen molar-refractivity contribution in [3.8, 4) is 0 Å². The van der Waals surface area contributed by atoms with Crippen LogP contribution < -0.4 is 11.1 Å². The van der Waals surface area contributed by atoms with Gasteiger partial charge in [0.15, 0.2) is 0 Å². The zero-order valence-corrected chi connectivity index (χ0v) is 4.26. The molecule has 0 radical (unpaired) electrons. The zero-order valence-electron chi connectivity index (χ0n) is 4.26. The third-order valence-corrected chi connectivity index (χ3v) is 0.824. The lowest BCUT2D eigenvalue weighted by Gasteiger charge is -2.06. The van der Waals surface area contributed by atoms with Crippen LogP contribution in [0.3, 0.4) is 0 Å². The number of rotatable bonds is 0. The molecule has 0 aromatic rings. The number of primary amides is 1. The van der Waals surface area contributed by atoms with Crippen LogP contribution in [0.4, 0.5) is 4.79 Å². The van der Waals surface area contributed by atoms with E-state index >= 15 is 0 Å². The molecule has 8 heavy (non-hydrogen) atoms. The molecule has 5 nitrogen and oxygen atoms in total. The number of amides is 2. The van der Waals surface area contributed by atoms with E-state index in [2.05, 4.69) is 10.2 Å². The molecule has 1 aliphatic rings. The molecule has 5 heteroatoms. The van der Waals surface area contributed by atoms with Crippen LogP contribution in [0.15, 0.2) is 0 Å². The maximum atomic E-state index is 10.2. The number of carbonyl (C=O) groups is 1. The number of urea groups is 1. The van der Waals surface area contributed by atoms with Crippen LogP contribution in [0.2, 0.25) is 0 Å². The number of hydroxylamine groups is 2. The van der Waals surface area contributed by atoms with Crippen molar-refractivity contribution < 1.29 is 9.63 Å². The van der Waals surface area contributed by atoms with Crippen molar-refractivity contribution in [3.63, 3.8) is 0 Å². The highest BCUT2D eigenvalue weighted by Gasteiger charge is 2.14. The first-order chi connectivity index (χ1) is 3.80. The quantitative estimate of drug-likeness (QED) is 0.419. The van der Waals surface area contributed by atoms with E-state index in [1.807, 2.05) is 0 Å². The van der Waals surface area contributed by atoms with E-state index in [1.165, 1.54) is 0 Å².